The van der Waals surface area contributed by atoms with Crippen LogP contribution in [0.15, 0.2) is 5.38 Å². The van der Waals surface area contributed by atoms with Gasteiger partial charge in [-0.3, -0.25) is 0 Å². The fourth-order valence-electron chi connectivity index (χ4n) is 1.93. The number of carboxylic acid groups (broad SMARTS) is 1. The van der Waals surface area contributed by atoms with Crippen molar-refractivity contribution in [1.82, 2.24) is 15.2 Å². The van der Waals surface area contributed by atoms with Crippen molar-refractivity contribution in [2.75, 3.05) is 18.6 Å². The molecule has 0 saturated carbocycles. The summed E-state index contributed by atoms with van der Waals surface area (Å²) >= 11 is 3.10. The van der Waals surface area contributed by atoms with Crippen LogP contribution in [0.25, 0.3) is 0 Å². The van der Waals surface area contributed by atoms with E-state index < -0.39 is 5.97 Å². The highest BCUT2D eigenvalue weighted by Crippen LogP contribution is 2.22. The zero-order valence-corrected chi connectivity index (χ0v) is 13.0. The summed E-state index contributed by atoms with van der Waals surface area (Å²) < 4.78 is 0. The molecule has 20 heavy (non-hydrogen) atoms. The molecule has 2 atom stereocenters. The minimum Gasteiger partial charge on any atom is -0.476 e. The zero-order valence-electron chi connectivity index (χ0n) is 11.3. The van der Waals surface area contributed by atoms with Gasteiger partial charge in [-0.05, 0) is 19.1 Å². The van der Waals surface area contributed by atoms with Crippen molar-refractivity contribution < 1.29 is 14.7 Å². The lowest BCUT2D eigenvalue weighted by molar-refractivity contribution is 0.0691. The standard InChI is InChI=1S/C12H17N3O3S2/c1-7(10-14-9(6-20-10)11(16)17)13-12(18)15(2)8-3-4-19-5-8/h6-8H,3-5H2,1-2H3,(H,13,18)(H,16,17). The van der Waals surface area contributed by atoms with Crippen molar-refractivity contribution in [2.45, 2.75) is 25.4 Å². The molecule has 6 nitrogen and oxygen atoms in total. The van der Waals surface area contributed by atoms with Crippen molar-refractivity contribution in [3.63, 3.8) is 0 Å². The second-order valence-corrected chi connectivity index (χ2v) is 6.72. The normalized spacial score (nSPS) is 19.6. The summed E-state index contributed by atoms with van der Waals surface area (Å²) in [5, 5.41) is 13.8. The van der Waals surface area contributed by atoms with Crippen LogP contribution in [0.3, 0.4) is 0 Å². The van der Waals surface area contributed by atoms with Gasteiger partial charge in [0.2, 0.25) is 0 Å². The van der Waals surface area contributed by atoms with Crippen molar-refractivity contribution in [3.8, 4) is 0 Å². The molecule has 2 unspecified atom stereocenters. The molecule has 1 aliphatic rings. The van der Waals surface area contributed by atoms with E-state index in [-0.39, 0.29) is 23.8 Å². The van der Waals surface area contributed by atoms with E-state index in [1.54, 1.807) is 18.9 Å². The summed E-state index contributed by atoms with van der Waals surface area (Å²) in [6.45, 7) is 1.81. The molecule has 8 heteroatoms. The summed E-state index contributed by atoms with van der Waals surface area (Å²) in [4.78, 5) is 28.6. The average molecular weight is 315 g/mol. The Morgan fingerprint density at radius 2 is 2.35 bits per heavy atom. The number of thiazole rings is 1. The molecule has 0 radical (unpaired) electrons. The topological polar surface area (TPSA) is 82.5 Å². The van der Waals surface area contributed by atoms with E-state index in [0.29, 0.717) is 5.01 Å². The van der Waals surface area contributed by atoms with Crippen LogP contribution in [0.5, 0.6) is 0 Å². The molecule has 1 aromatic rings. The van der Waals surface area contributed by atoms with Crippen LogP contribution in [0.2, 0.25) is 0 Å². The van der Waals surface area contributed by atoms with Gasteiger partial charge in [0.15, 0.2) is 5.69 Å². The maximum atomic E-state index is 12.1. The Morgan fingerprint density at radius 3 is 2.90 bits per heavy atom. The smallest absolute Gasteiger partial charge is 0.355 e. The van der Waals surface area contributed by atoms with E-state index in [0.717, 1.165) is 17.9 Å². The summed E-state index contributed by atoms with van der Waals surface area (Å²) in [5.74, 6) is 1.01. The number of aromatic nitrogens is 1. The third-order valence-electron chi connectivity index (χ3n) is 3.23. The molecule has 1 aliphatic heterocycles. The van der Waals surface area contributed by atoms with E-state index in [9.17, 15) is 9.59 Å². The Hall–Kier alpha value is -1.28. The highest BCUT2D eigenvalue weighted by molar-refractivity contribution is 7.99. The van der Waals surface area contributed by atoms with Gasteiger partial charge < -0.3 is 15.3 Å². The average Bonchev–Trinajstić information content (AvgIpc) is 3.08. The minimum atomic E-state index is -1.05. The molecule has 0 aromatic carbocycles. The molecule has 1 fully saturated rings. The molecule has 1 aromatic heterocycles. The number of nitrogens with one attached hydrogen (secondary N) is 1. The predicted octanol–water partition coefficient (Wildman–Crippen LogP) is 2.05. The molecule has 0 spiro atoms. The Morgan fingerprint density at radius 1 is 1.60 bits per heavy atom. The van der Waals surface area contributed by atoms with Crippen LogP contribution in [-0.4, -0.2) is 51.6 Å². The molecule has 2 N–H and O–H groups in total. The molecule has 2 amide bonds. The zero-order chi connectivity index (χ0) is 14.7. The quantitative estimate of drug-likeness (QED) is 0.888. The third kappa shape index (κ3) is 3.43. The van der Waals surface area contributed by atoms with Gasteiger partial charge in [-0.2, -0.15) is 11.8 Å². The number of hydrogen-bond donors (Lipinski definition) is 2. The van der Waals surface area contributed by atoms with E-state index >= 15 is 0 Å². The minimum absolute atomic E-state index is 0.0200. The first kappa shape index (κ1) is 15.1. The molecule has 1 saturated heterocycles. The molecular formula is C12H17N3O3S2. The summed E-state index contributed by atoms with van der Waals surface area (Å²) in [6, 6.07) is -0.160. The van der Waals surface area contributed by atoms with Gasteiger partial charge >= 0.3 is 12.0 Å². The molecule has 110 valence electrons. The monoisotopic (exact) mass is 315 g/mol. The van der Waals surface area contributed by atoms with Gasteiger partial charge in [-0.1, -0.05) is 0 Å². The largest absolute Gasteiger partial charge is 0.476 e. The van der Waals surface area contributed by atoms with Gasteiger partial charge in [-0.15, -0.1) is 11.3 Å². The van der Waals surface area contributed by atoms with Crippen LogP contribution in [0, 0.1) is 0 Å². The highest BCUT2D eigenvalue weighted by atomic mass is 32.2. The Labute approximate surface area is 125 Å². The lowest BCUT2D eigenvalue weighted by Crippen LogP contribution is -2.44. The second-order valence-electron chi connectivity index (χ2n) is 4.68. The third-order valence-corrected chi connectivity index (χ3v) is 5.40. The number of aromatic carboxylic acids is 1. The number of amides is 2. The highest BCUT2D eigenvalue weighted by Gasteiger charge is 2.25. The van der Waals surface area contributed by atoms with Crippen molar-refractivity contribution in [2.24, 2.45) is 0 Å². The lowest BCUT2D eigenvalue weighted by Gasteiger charge is -2.25. The van der Waals surface area contributed by atoms with Gasteiger partial charge in [0.05, 0.1) is 6.04 Å². The number of carbonyl (C=O) groups excluding carboxylic acids is 1. The maximum absolute atomic E-state index is 12.1. The van der Waals surface area contributed by atoms with Crippen molar-refractivity contribution in [1.29, 1.82) is 0 Å². The number of carbonyl (C=O) groups is 2. The Kier molecular flexibility index (Phi) is 4.87. The number of nitrogens with zero attached hydrogens (tertiary/aromatic N) is 2. The van der Waals surface area contributed by atoms with Crippen LogP contribution in [-0.2, 0) is 0 Å². The number of hydrogen-bond acceptors (Lipinski definition) is 5. The van der Waals surface area contributed by atoms with Crippen molar-refractivity contribution in [3.05, 3.63) is 16.1 Å². The van der Waals surface area contributed by atoms with E-state index in [1.165, 1.54) is 16.7 Å². The predicted molar refractivity (Wildman–Crippen MR) is 79.5 cm³/mol. The SMILES string of the molecule is CC(NC(=O)N(C)C1CCSC1)c1nc(C(=O)O)cs1. The van der Waals surface area contributed by atoms with Crippen LogP contribution in [0.1, 0.15) is 34.9 Å². The molecule has 2 heterocycles. The number of carboxylic acids is 1. The molecular weight excluding hydrogens is 298 g/mol. The van der Waals surface area contributed by atoms with Crippen LogP contribution >= 0.6 is 23.1 Å². The first-order chi connectivity index (χ1) is 9.49. The summed E-state index contributed by atoms with van der Waals surface area (Å²) in [6.07, 6.45) is 1.02. The Bertz CT molecular complexity index is 500. The number of rotatable bonds is 4. The fourth-order valence-corrected chi connectivity index (χ4v) is 3.99. The van der Waals surface area contributed by atoms with Gasteiger partial charge in [0.1, 0.15) is 5.01 Å². The van der Waals surface area contributed by atoms with E-state index in [4.69, 9.17) is 5.11 Å². The van der Waals surface area contributed by atoms with Gasteiger partial charge in [0, 0.05) is 24.2 Å². The first-order valence-corrected chi connectivity index (χ1v) is 8.32. The summed E-state index contributed by atoms with van der Waals surface area (Å²) in [5.41, 5.74) is 0.0200. The number of thioether (sulfide) groups is 1. The van der Waals surface area contributed by atoms with Gasteiger partial charge in [0.25, 0.3) is 0 Å². The molecule has 0 bridgehead atoms. The first-order valence-electron chi connectivity index (χ1n) is 6.29. The summed E-state index contributed by atoms with van der Waals surface area (Å²) in [7, 11) is 1.79. The maximum Gasteiger partial charge on any atom is 0.355 e. The fraction of sp³-hybridized carbons (Fsp3) is 0.583. The van der Waals surface area contributed by atoms with E-state index in [2.05, 4.69) is 10.3 Å². The van der Waals surface area contributed by atoms with E-state index in [1.807, 2.05) is 11.8 Å². The lowest BCUT2D eigenvalue weighted by atomic mass is 10.2. The van der Waals surface area contributed by atoms with Crippen LogP contribution in [0.4, 0.5) is 4.79 Å². The van der Waals surface area contributed by atoms with Gasteiger partial charge in [-0.25, -0.2) is 14.6 Å². The molecule has 2 rings (SSSR count). The second kappa shape index (κ2) is 6.45. The van der Waals surface area contributed by atoms with Crippen LogP contribution < -0.4 is 5.32 Å². The van der Waals surface area contributed by atoms with Crippen molar-refractivity contribution >= 4 is 35.1 Å². The Balaban J connectivity index is 1.93. The number of urea groups is 1. The molecule has 0 aliphatic carbocycles.